The number of pyridine rings is 2. The van der Waals surface area contributed by atoms with E-state index in [0.29, 0.717) is 47.5 Å². The normalized spacial score (nSPS) is 20.3. The number of ketones is 1. The van der Waals surface area contributed by atoms with E-state index < -0.39 is 34.9 Å². The Morgan fingerprint density at radius 1 is 1.24 bits per heavy atom. The van der Waals surface area contributed by atoms with Gasteiger partial charge in [0.15, 0.2) is 11.4 Å². The third kappa shape index (κ3) is 4.09. The molecule has 2 aromatic heterocycles. The van der Waals surface area contributed by atoms with Crippen LogP contribution in [0.25, 0.3) is 22.3 Å². The summed E-state index contributed by atoms with van der Waals surface area (Å²) < 4.78 is 26.8. The maximum atomic E-state index is 15.0. The smallest absolute Gasteiger partial charge is 0.343 e. The molecular weight excluding hydrogens is 533 g/mol. The van der Waals surface area contributed by atoms with E-state index in [0.717, 1.165) is 16.5 Å². The maximum Gasteiger partial charge on any atom is 0.343 e. The predicted octanol–water partition coefficient (Wildman–Crippen LogP) is 2.63. The van der Waals surface area contributed by atoms with E-state index in [2.05, 4.69) is 5.32 Å². The molecule has 0 unspecified atom stereocenters. The summed E-state index contributed by atoms with van der Waals surface area (Å²) in [6, 6.07) is 2.45. The maximum absolute atomic E-state index is 15.0. The monoisotopic (exact) mass is 563 g/mol. The highest BCUT2D eigenvalue weighted by atomic mass is 19.1. The van der Waals surface area contributed by atoms with Crippen molar-refractivity contribution in [1.82, 2.24) is 14.9 Å². The van der Waals surface area contributed by atoms with Gasteiger partial charge in [0.2, 0.25) is 5.91 Å². The number of carbonyl (C=O) groups excluding carboxylic acids is 3. The van der Waals surface area contributed by atoms with E-state index >= 15 is 4.39 Å². The van der Waals surface area contributed by atoms with E-state index in [-0.39, 0.29) is 49.5 Å². The highest BCUT2D eigenvalue weighted by Crippen LogP contribution is 2.45. The molecule has 3 aliphatic rings. The van der Waals surface area contributed by atoms with E-state index in [1.165, 1.54) is 10.6 Å². The van der Waals surface area contributed by atoms with E-state index in [1.807, 2.05) is 0 Å². The van der Waals surface area contributed by atoms with Gasteiger partial charge in [0.1, 0.15) is 19.0 Å². The highest BCUT2D eigenvalue weighted by molar-refractivity contribution is 5.99. The molecule has 0 bridgehead atoms. The van der Waals surface area contributed by atoms with E-state index in [4.69, 9.17) is 14.5 Å². The van der Waals surface area contributed by atoms with Crippen molar-refractivity contribution < 1.29 is 33.4 Å². The number of cyclic esters (lactones) is 1. The topological polar surface area (TPSA) is 137 Å². The number of rotatable bonds is 7. The minimum Gasteiger partial charge on any atom is -0.458 e. The Hall–Kier alpha value is -3.96. The predicted molar refractivity (Wildman–Crippen MR) is 145 cm³/mol. The molecule has 0 radical (unpaired) electrons. The number of hydrogen-bond acceptors (Lipinski definition) is 8. The first-order chi connectivity index (χ1) is 19.6. The number of hydrogen-bond donors (Lipinski definition) is 2. The Morgan fingerprint density at radius 3 is 2.76 bits per heavy atom. The van der Waals surface area contributed by atoms with Crippen molar-refractivity contribution in [2.75, 3.05) is 13.2 Å². The van der Waals surface area contributed by atoms with Crippen LogP contribution in [0.4, 0.5) is 4.39 Å². The van der Waals surface area contributed by atoms with E-state index in [1.54, 1.807) is 26.8 Å². The number of aromatic nitrogens is 2. The SMILES string of the molecule is CCOCC(=O)CC(=O)N[C@H]1CCc2c(C)c(F)cc3nc4c(c1c23)Cn1c-4cc2c(c1=O)COC(=O)[C@]2(O)CC. The average molecular weight is 564 g/mol. The largest absolute Gasteiger partial charge is 0.458 e. The van der Waals surface area contributed by atoms with Gasteiger partial charge in [-0.1, -0.05) is 6.92 Å². The van der Waals surface area contributed by atoms with Gasteiger partial charge in [0, 0.05) is 29.2 Å². The van der Waals surface area contributed by atoms with Crippen LogP contribution >= 0.6 is 0 Å². The molecule has 4 heterocycles. The molecule has 0 fully saturated rings. The summed E-state index contributed by atoms with van der Waals surface area (Å²) in [5.41, 5.74) is 1.93. The van der Waals surface area contributed by atoms with Crippen molar-refractivity contribution >= 4 is 28.6 Å². The first-order valence-electron chi connectivity index (χ1n) is 13.8. The molecule has 2 atom stereocenters. The molecular formula is C30H30FN3O7. The number of fused-ring (bicyclic) bond motifs is 5. The number of Topliss-reactive ketones (excluding diaryl/α,β-unsaturated/α-hetero) is 1. The number of benzene rings is 1. The van der Waals surface area contributed by atoms with Crippen LogP contribution < -0.4 is 10.9 Å². The number of halogens is 1. The molecule has 6 rings (SSSR count). The van der Waals surface area contributed by atoms with Crippen LogP contribution in [0.5, 0.6) is 0 Å². The zero-order valence-corrected chi connectivity index (χ0v) is 23.1. The fourth-order valence-corrected chi connectivity index (χ4v) is 6.39. The Kier molecular flexibility index (Phi) is 6.54. The number of ether oxygens (including phenoxy) is 2. The second-order valence-corrected chi connectivity index (χ2v) is 10.8. The number of esters is 1. The molecule has 3 aromatic rings. The zero-order valence-electron chi connectivity index (χ0n) is 23.1. The van der Waals surface area contributed by atoms with Gasteiger partial charge in [-0.25, -0.2) is 14.2 Å². The lowest BCUT2D eigenvalue weighted by Gasteiger charge is -2.31. The summed E-state index contributed by atoms with van der Waals surface area (Å²) in [6.45, 7) is 5.20. The lowest BCUT2D eigenvalue weighted by atomic mass is 9.81. The Balaban J connectivity index is 1.52. The molecule has 0 spiro atoms. The van der Waals surface area contributed by atoms with Gasteiger partial charge in [-0.2, -0.15) is 0 Å². The van der Waals surface area contributed by atoms with Crippen LogP contribution in [0.3, 0.4) is 0 Å². The van der Waals surface area contributed by atoms with Crippen LogP contribution in [-0.4, -0.2) is 45.5 Å². The molecule has 1 aliphatic carbocycles. The quantitative estimate of drug-likeness (QED) is 0.259. The zero-order chi connectivity index (χ0) is 29.2. The van der Waals surface area contributed by atoms with Crippen molar-refractivity contribution in [3.63, 3.8) is 0 Å². The number of nitrogens with zero attached hydrogens (tertiary/aromatic N) is 2. The summed E-state index contributed by atoms with van der Waals surface area (Å²) >= 11 is 0. The van der Waals surface area contributed by atoms with Crippen LogP contribution in [0.2, 0.25) is 0 Å². The van der Waals surface area contributed by atoms with Crippen molar-refractivity contribution in [3.8, 4) is 11.4 Å². The molecule has 0 saturated heterocycles. The van der Waals surface area contributed by atoms with Crippen molar-refractivity contribution in [1.29, 1.82) is 0 Å². The van der Waals surface area contributed by atoms with Gasteiger partial charge in [0.05, 0.1) is 41.5 Å². The lowest BCUT2D eigenvalue weighted by Crippen LogP contribution is -2.44. The van der Waals surface area contributed by atoms with Crippen molar-refractivity contribution in [3.05, 3.63) is 61.7 Å². The lowest BCUT2D eigenvalue weighted by molar-refractivity contribution is -0.172. The molecule has 41 heavy (non-hydrogen) atoms. The molecule has 2 N–H and O–H groups in total. The molecule has 0 saturated carbocycles. The Morgan fingerprint density at radius 2 is 2.02 bits per heavy atom. The number of carbonyl (C=O) groups is 3. The molecule has 214 valence electrons. The number of nitrogens with one attached hydrogen (secondary N) is 1. The van der Waals surface area contributed by atoms with Gasteiger partial charge >= 0.3 is 5.97 Å². The second-order valence-electron chi connectivity index (χ2n) is 10.8. The Labute approximate surface area is 234 Å². The Bertz CT molecular complexity index is 1730. The van der Waals surface area contributed by atoms with Crippen molar-refractivity contribution in [2.24, 2.45) is 0 Å². The molecule has 10 nitrogen and oxygen atoms in total. The van der Waals surface area contributed by atoms with Crippen LogP contribution in [-0.2, 0) is 49.0 Å². The minimum atomic E-state index is -1.98. The molecule has 11 heteroatoms. The second kappa shape index (κ2) is 9.85. The fraction of sp³-hybridized carbons (Fsp3) is 0.433. The summed E-state index contributed by atoms with van der Waals surface area (Å²) in [5.74, 6) is -2.01. The van der Waals surface area contributed by atoms with E-state index in [9.17, 15) is 24.3 Å². The third-order valence-corrected chi connectivity index (χ3v) is 8.54. The number of amides is 1. The van der Waals surface area contributed by atoms with Gasteiger partial charge in [0.25, 0.3) is 5.56 Å². The standard InChI is InChI=1S/C30H30FN3O7/c1-4-30(39)19-9-23-27-17(11-34(23)28(37)18(19)13-41-29(30)38)26-21(32-24(36)8-15(35)12-40-5-2)7-6-16-14(3)20(31)10-22(33-27)25(16)26/h9-10,21,39H,4-8,11-13H2,1-3H3,(H,32,36)/t21-,30-/m0/s1. The highest BCUT2D eigenvalue weighted by Gasteiger charge is 2.46. The summed E-state index contributed by atoms with van der Waals surface area (Å²) in [6.07, 6.45) is 0.636. The average Bonchev–Trinajstić information content (AvgIpc) is 3.32. The van der Waals surface area contributed by atoms with Gasteiger partial charge in [-0.15, -0.1) is 0 Å². The third-order valence-electron chi connectivity index (χ3n) is 8.54. The van der Waals surface area contributed by atoms with Gasteiger partial charge < -0.3 is 24.5 Å². The fourth-order valence-electron chi connectivity index (χ4n) is 6.39. The molecule has 1 aromatic carbocycles. The first-order valence-corrected chi connectivity index (χ1v) is 13.8. The summed E-state index contributed by atoms with van der Waals surface area (Å²) in [4.78, 5) is 56.1. The number of aryl methyl sites for hydroxylation is 1. The van der Waals surface area contributed by atoms with Crippen LogP contribution in [0, 0.1) is 12.7 Å². The summed E-state index contributed by atoms with van der Waals surface area (Å²) in [7, 11) is 0. The number of aliphatic hydroxyl groups is 1. The van der Waals surface area contributed by atoms with Crippen LogP contribution in [0.15, 0.2) is 16.9 Å². The molecule has 1 amide bonds. The minimum absolute atomic E-state index is 0.00888. The van der Waals surface area contributed by atoms with Gasteiger partial charge in [-0.3, -0.25) is 14.4 Å². The van der Waals surface area contributed by atoms with Crippen LogP contribution in [0.1, 0.15) is 72.5 Å². The van der Waals surface area contributed by atoms with Gasteiger partial charge in [-0.05, 0) is 55.9 Å². The molecule has 2 aliphatic heterocycles. The first kappa shape index (κ1) is 27.2. The summed E-state index contributed by atoms with van der Waals surface area (Å²) in [5, 5.41) is 14.9. The van der Waals surface area contributed by atoms with Crippen molar-refractivity contribution in [2.45, 2.75) is 71.2 Å².